The monoisotopic (exact) mass is 238 g/mol. The van der Waals surface area contributed by atoms with Gasteiger partial charge in [0.05, 0.1) is 5.56 Å². The first-order valence-electron chi connectivity index (χ1n) is 5.70. The number of hydrogen-bond acceptors (Lipinski definition) is 3. The largest absolute Gasteiger partial charge is 0.456 e. The lowest BCUT2D eigenvalue weighted by molar-refractivity contribution is 0.480. The van der Waals surface area contributed by atoms with E-state index in [1.807, 2.05) is 49.4 Å². The van der Waals surface area contributed by atoms with Crippen LogP contribution in [0.4, 0.5) is 0 Å². The summed E-state index contributed by atoms with van der Waals surface area (Å²) in [6.45, 7) is 2.41. The maximum atomic E-state index is 9.07. The Balaban J connectivity index is 2.31. The minimum Gasteiger partial charge on any atom is -0.456 e. The van der Waals surface area contributed by atoms with E-state index in [2.05, 4.69) is 6.07 Å². The van der Waals surface area contributed by atoms with E-state index in [4.69, 9.17) is 15.7 Å². The average Bonchev–Trinajstić information content (AvgIpc) is 2.41. The van der Waals surface area contributed by atoms with Gasteiger partial charge in [-0.1, -0.05) is 18.2 Å². The van der Waals surface area contributed by atoms with Crippen molar-refractivity contribution in [2.24, 2.45) is 5.73 Å². The number of aryl methyl sites for hydroxylation is 1. The zero-order valence-electron chi connectivity index (χ0n) is 10.2. The molecule has 2 aromatic carbocycles. The van der Waals surface area contributed by atoms with Gasteiger partial charge >= 0.3 is 0 Å². The highest BCUT2D eigenvalue weighted by Crippen LogP contribution is 2.26. The number of nitriles is 1. The van der Waals surface area contributed by atoms with Crippen LogP contribution < -0.4 is 10.5 Å². The molecule has 3 nitrogen and oxygen atoms in total. The molecule has 0 heterocycles. The van der Waals surface area contributed by atoms with Crippen LogP contribution in [0.3, 0.4) is 0 Å². The molecule has 2 aromatic rings. The smallest absolute Gasteiger partial charge is 0.145 e. The van der Waals surface area contributed by atoms with Crippen molar-refractivity contribution in [2.45, 2.75) is 13.5 Å². The molecule has 2 N–H and O–H groups in total. The predicted octanol–water partition coefficient (Wildman–Crippen LogP) is 3.12. The number of nitrogens with two attached hydrogens (primary N) is 1. The summed E-state index contributed by atoms with van der Waals surface area (Å²) in [5.74, 6) is 1.26. The van der Waals surface area contributed by atoms with Crippen molar-refractivity contribution in [3.8, 4) is 17.6 Å². The van der Waals surface area contributed by atoms with Crippen LogP contribution in [0.5, 0.6) is 11.5 Å². The topological polar surface area (TPSA) is 59.0 Å². The Morgan fingerprint density at radius 1 is 1.22 bits per heavy atom. The normalized spacial score (nSPS) is 9.83. The molecule has 0 aromatic heterocycles. The Morgan fingerprint density at radius 2 is 2.06 bits per heavy atom. The summed E-state index contributed by atoms with van der Waals surface area (Å²) in [6, 6.07) is 15.2. The van der Waals surface area contributed by atoms with E-state index < -0.39 is 0 Å². The van der Waals surface area contributed by atoms with Crippen molar-refractivity contribution in [3.63, 3.8) is 0 Å². The predicted molar refractivity (Wildman–Crippen MR) is 70.3 cm³/mol. The van der Waals surface area contributed by atoms with Gasteiger partial charge in [-0.15, -0.1) is 0 Å². The molecule has 0 unspecified atom stereocenters. The van der Waals surface area contributed by atoms with Crippen LogP contribution in [-0.2, 0) is 6.54 Å². The highest BCUT2D eigenvalue weighted by molar-refractivity contribution is 5.47. The molecular weight excluding hydrogens is 224 g/mol. The summed E-state index contributed by atoms with van der Waals surface area (Å²) in [5, 5.41) is 9.07. The molecule has 0 atom stereocenters. The van der Waals surface area contributed by atoms with Gasteiger partial charge in [-0.2, -0.15) is 5.26 Å². The maximum Gasteiger partial charge on any atom is 0.145 e. The second-order valence-corrected chi connectivity index (χ2v) is 4.07. The fraction of sp³-hybridized carbons (Fsp3) is 0.133. The molecule has 90 valence electrons. The van der Waals surface area contributed by atoms with Gasteiger partial charge in [0.1, 0.15) is 17.6 Å². The van der Waals surface area contributed by atoms with Gasteiger partial charge in [-0.05, 0) is 42.3 Å². The van der Waals surface area contributed by atoms with E-state index in [-0.39, 0.29) is 0 Å². The standard InChI is InChI=1S/C15H14N2O/c1-11-5-6-15(13(7-11)10-17)18-14-4-2-3-12(8-14)9-16/h2-8H,9,16H2,1H3. The van der Waals surface area contributed by atoms with E-state index in [0.717, 1.165) is 11.1 Å². The second-order valence-electron chi connectivity index (χ2n) is 4.07. The van der Waals surface area contributed by atoms with Gasteiger partial charge in [0.25, 0.3) is 0 Å². The third kappa shape index (κ3) is 2.68. The number of benzene rings is 2. The Kier molecular flexibility index (Phi) is 3.61. The molecule has 0 fully saturated rings. The van der Waals surface area contributed by atoms with Crippen molar-refractivity contribution in [3.05, 3.63) is 59.2 Å². The highest BCUT2D eigenvalue weighted by atomic mass is 16.5. The van der Waals surface area contributed by atoms with E-state index in [1.54, 1.807) is 0 Å². The Bertz CT molecular complexity index is 600. The van der Waals surface area contributed by atoms with E-state index >= 15 is 0 Å². The first-order chi connectivity index (χ1) is 8.72. The quantitative estimate of drug-likeness (QED) is 0.893. The fourth-order valence-electron chi connectivity index (χ4n) is 1.68. The van der Waals surface area contributed by atoms with Gasteiger partial charge < -0.3 is 10.5 Å². The molecule has 2 rings (SSSR count). The van der Waals surface area contributed by atoms with Gasteiger partial charge in [-0.25, -0.2) is 0 Å². The zero-order valence-corrected chi connectivity index (χ0v) is 10.2. The summed E-state index contributed by atoms with van der Waals surface area (Å²) in [7, 11) is 0. The number of ether oxygens (including phenoxy) is 1. The highest BCUT2D eigenvalue weighted by Gasteiger charge is 2.05. The average molecular weight is 238 g/mol. The number of hydrogen-bond donors (Lipinski definition) is 1. The minimum absolute atomic E-state index is 0.468. The summed E-state index contributed by atoms with van der Waals surface area (Å²) < 4.78 is 5.72. The van der Waals surface area contributed by atoms with Crippen LogP contribution >= 0.6 is 0 Å². The van der Waals surface area contributed by atoms with Gasteiger partial charge in [-0.3, -0.25) is 0 Å². The summed E-state index contributed by atoms with van der Waals surface area (Å²) in [5.41, 5.74) is 8.15. The van der Waals surface area contributed by atoms with Crippen molar-refractivity contribution in [1.29, 1.82) is 5.26 Å². The van der Waals surface area contributed by atoms with E-state index in [0.29, 0.717) is 23.6 Å². The number of nitrogens with zero attached hydrogens (tertiary/aromatic N) is 1. The van der Waals surface area contributed by atoms with Crippen LogP contribution in [0.2, 0.25) is 0 Å². The van der Waals surface area contributed by atoms with Crippen LogP contribution in [-0.4, -0.2) is 0 Å². The molecule has 0 bridgehead atoms. The van der Waals surface area contributed by atoms with Crippen molar-refractivity contribution < 1.29 is 4.74 Å². The first kappa shape index (κ1) is 12.2. The van der Waals surface area contributed by atoms with Crippen LogP contribution in [0, 0.1) is 18.3 Å². The van der Waals surface area contributed by atoms with E-state index in [9.17, 15) is 0 Å². The maximum absolute atomic E-state index is 9.07. The molecular formula is C15H14N2O. The molecule has 0 saturated heterocycles. The van der Waals surface area contributed by atoms with Gasteiger partial charge in [0, 0.05) is 6.54 Å². The Labute approximate surface area is 106 Å². The van der Waals surface area contributed by atoms with Crippen LogP contribution in [0.15, 0.2) is 42.5 Å². The summed E-state index contributed by atoms with van der Waals surface area (Å²) in [6.07, 6.45) is 0. The molecule has 0 aliphatic rings. The Morgan fingerprint density at radius 3 is 2.78 bits per heavy atom. The second kappa shape index (κ2) is 5.35. The third-order valence-corrected chi connectivity index (χ3v) is 2.62. The minimum atomic E-state index is 0.468. The van der Waals surface area contributed by atoms with Crippen molar-refractivity contribution >= 4 is 0 Å². The van der Waals surface area contributed by atoms with Gasteiger partial charge in [0.15, 0.2) is 0 Å². The lowest BCUT2D eigenvalue weighted by Gasteiger charge is -2.09. The molecule has 0 spiro atoms. The summed E-state index contributed by atoms with van der Waals surface area (Å²) >= 11 is 0. The zero-order chi connectivity index (χ0) is 13.0. The first-order valence-corrected chi connectivity index (χ1v) is 5.70. The lowest BCUT2D eigenvalue weighted by atomic mass is 10.1. The lowest BCUT2D eigenvalue weighted by Crippen LogP contribution is -1.96. The molecule has 3 heteroatoms. The van der Waals surface area contributed by atoms with Gasteiger partial charge in [0.2, 0.25) is 0 Å². The molecule has 0 radical (unpaired) electrons. The van der Waals surface area contributed by atoms with Crippen LogP contribution in [0.25, 0.3) is 0 Å². The molecule has 18 heavy (non-hydrogen) atoms. The molecule has 0 aliphatic heterocycles. The SMILES string of the molecule is Cc1ccc(Oc2cccc(CN)c2)c(C#N)c1. The van der Waals surface area contributed by atoms with E-state index in [1.165, 1.54) is 0 Å². The molecule has 0 aliphatic carbocycles. The van der Waals surface area contributed by atoms with Crippen LogP contribution in [0.1, 0.15) is 16.7 Å². The van der Waals surface area contributed by atoms with Crippen molar-refractivity contribution in [2.75, 3.05) is 0 Å². The summed E-state index contributed by atoms with van der Waals surface area (Å²) in [4.78, 5) is 0. The number of rotatable bonds is 3. The molecule has 0 saturated carbocycles. The third-order valence-electron chi connectivity index (χ3n) is 2.62. The fourth-order valence-corrected chi connectivity index (χ4v) is 1.68. The molecule has 0 amide bonds. The van der Waals surface area contributed by atoms with Crippen molar-refractivity contribution in [1.82, 2.24) is 0 Å². The Hall–Kier alpha value is -2.31.